The molecule has 2 N–H and O–H groups in total. The van der Waals surface area contributed by atoms with Crippen LogP contribution in [0.3, 0.4) is 0 Å². The molecule has 0 spiro atoms. The van der Waals surface area contributed by atoms with Gasteiger partial charge in [-0.25, -0.2) is 0 Å². The lowest BCUT2D eigenvalue weighted by molar-refractivity contribution is -0.117. The predicted octanol–water partition coefficient (Wildman–Crippen LogP) is 4.02. The Morgan fingerprint density at radius 2 is 1.77 bits per heavy atom. The number of carbonyl (C=O) groups is 1. The van der Waals surface area contributed by atoms with E-state index in [2.05, 4.69) is 10.5 Å². The van der Waals surface area contributed by atoms with Crippen molar-refractivity contribution in [1.29, 1.82) is 0 Å². The van der Waals surface area contributed by atoms with Gasteiger partial charge in [0.15, 0.2) is 0 Å². The Hall–Kier alpha value is -2.62. The highest BCUT2D eigenvalue weighted by Gasteiger charge is 2.19. The largest absolute Gasteiger partial charge is 0.411 e. The number of benzene rings is 2. The summed E-state index contributed by atoms with van der Waals surface area (Å²) in [5.74, 6) is -0.271. The van der Waals surface area contributed by atoms with Crippen LogP contribution < -0.4 is 5.32 Å². The summed E-state index contributed by atoms with van der Waals surface area (Å²) in [6.07, 6.45) is 0.713. The van der Waals surface area contributed by atoms with Gasteiger partial charge in [-0.3, -0.25) is 4.79 Å². The van der Waals surface area contributed by atoms with Crippen LogP contribution in [0.25, 0.3) is 0 Å². The van der Waals surface area contributed by atoms with Gasteiger partial charge < -0.3 is 10.5 Å². The topological polar surface area (TPSA) is 61.7 Å². The van der Waals surface area contributed by atoms with E-state index in [1.807, 2.05) is 55.5 Å². The van der Waals surface area contributed by atoms with Crippen LogP contribution in [0.5, 0.6) is 0 Å². The van der Waals surface area contributed by atoms with E-state index in [1.165, 1.54) is 0 Å². The first kappa shape index (κ1) is 15.8. The van der Waals surface area contributed by atoms with Gasteiger partial charge in [-0.05, 0) is 25.0 Å². The quantitative estimate of drug-likeness (QED) is 0.497. The highest BCUT2D eigenvalue weighted by molar-refractivity contribution is 6.07. The molecule has 0 heterocycles. The van der Waals surface area contributed by atoms with Gasteiger partial charge in [0, 0.05) is 11.3 Å². The molecule has 4 nitrogen and oxygen atoms in total. The average molecular weight is 296 g/mol. The summed E-state index contributed by atoms with van der Waals surface area (Å²) in [5.41, 5.74) is 2.81. The van der Waals surface area contributed by atoms with Gasteiger partial charge in [0.1, 0.15) is 0 Å². The third-order valence-electron chi connectivity index (χ3n) is 3.65. The van der Waals surface area contributed by atoms with Crippen molar-refractivity contribution in [3.05, 3.63) is 65.7 Å². The number of rotatable bonds is 5. The van der Waals surface area contributed by atoms with E-state index >= 15 is 0 Å². The standard InChI is InChI=1S/C18H20N2O2/c1-3-15(14-9-5-4-6-10-14)18(21)19-17-12-8-7-11-16(17)13(2)20-22/h4-12,15,22H,3H2,1-2H3,(H,19,21)/b20-13+. The van der Waals surface area contributed by atoms with Crippen molar-refractivity contribution in [2.45, 2.75) is 26.2 Å². The molecule has 0 bridgehead atoms. The van der Waals surface area contributed by atoms with Gasteiger partial charge in [0.05, 0.1) is 11.6 Å². The monoisotopic (exact) mass is 296 g/mol. The fourth-order valence-electron chi connectivity index (χ4n) is 2.44. The maximum absolute atomic E-state index is 12.6. The van der Waals surface area contributed by atoms with Gasteiger partial charge in [-0.15, -0.1) is 0 Å². The number of para-hydroxylation sites is 1. The first-order valence-electron chi connectivity index (χ1n) is 7.31. The fourth-order valence-corrected chi connectivity index (χ4v) is 2.44. The van der Waals surface area contributed by atoms with Crippen molar-refractivity contribution in [1.82, 2.24) is 0 Å². The van der Waals surface area contributed by atoms with Gasteiger partial charge in [-0.1, -0.05) is 60.6 Å². The van der Waals surface area contributed by atoms with E-state index in [4.69, 9.17) is 5.21 Å². The number of nitrogens with zero attached hydrogens (tertiary/aromatic N) is 1. The van der Waals surface area contributed by atoms with Crippen molar-refractivity contribution in [2.24, 2.45) is 5.16 Å². The van der Waals surface area contributed by atoms with Crippen LogP contribution in [-0.4, -0.2) is 16.8 Å². The third kappa shape index (κ3) is 3.52. The summed E-state index contributed by atoms with van der Waals surface area (Å²) in [7, 11) is 0. The Bertz CT molecular complexity index is 666. The van der Waals surface area contributed by atoms with E-state index in [9.17, 15) is 4.79 Å². The first-order chi connectivity index (χ1) is 10.7. The minimum absolute atomic E-state index is 0.0631. The number of oxime groups is 1. The highest BCUT2D eigenvalue weighted by Crippen LogP contribution is 2.23. The van der Waals surface area contributed by atoms with Gasteiger partial charge >= 0.3 is 0 Å². The number of anilines is 1. The summed E-state index contributed by atoms with van der Waals surface area (Å²) >= 11 is 0. The molecule has 0 radical (unpaired) electrons. The molecule has 0 aliphatic carbocycles. The molecule has 0 aromatic heterocycles. The van der Waals surface area contributed by atoms with Crippen LogP contribution in [0.1, 0.15) is 37.3 Å². The lowest BCUT2D eigenvalue weighted by Crippen LogP contribution is -2.21. The fraction of sp³-hybridized carbons (Fsp3) is 0.222. The van der Waals surface area contributed by atoms with Crippen LogP contribution in [-0.2, 0) is 4.79 Å². The molecule has 0 aliphatic rings. The van der Waals surface area contributed by atoms with Crippen molar-refractivity contribution in [3.8, 4) is 0 Å². The van der Waals surface area contributed by atoms with Crippen molar-refractivity contribution >= 4 is 17.3 Å². The number of hydrogen-bond acceptors (Lipinski definition) is 3. The van der Waals surface area contributed by atoms with Gasteiger partial charge in [-0.2, -0.15) is 0 Å². The second-order valence-corrected chi connectivity index (χ2v) is 5.09. The van der Waals surface area contributed by atoms with E-state index in [0.29, 0.717) is 23.4 Å². The zero-order chi connectivity index (χ0) is 15.9. The van der Waals surface area contributed by atoms with Gasteiger partial charge in [0.2, 0.25) is 5.91 Å². The van der Waals surface area contributed by atoms with Crippen LogP contribution in [0.15, 0.2) is 59.8 Å². The second-order valence-electron chi connectivity index (χ2n) is 5.09. The van der Waals surface area contributed by atoms with E-state index in [0.717, 1.165) is 5.56 Å². The lowest BCUT2D eigenvalue weighted by Gasteiger charge is -2.17. The molecule has 114 valence electrons. The molecule has 1 amide bonds. The summed E-state index contributed by atoms with van der Waals surface area (Å²) in [6, 6.07) is 17.0. The smallest absolute Gasteiger partial charge is 0.231 e. The van der Waals surface area contributed by atoms with Crippen LogP contribution in [0.2, 0.25) is 0 Å². The molecule has 4 heteroatoms. The molecule has 2 aromatic rings. The summed E-state index contributed by atoms with van der Waals surface area (Å²) < 4.78 is 0. The van der Waals surface area contributed by atoms with E-state index in [-0.39, 0.29) is 11.8 Å². The normalized spacial score (nSPS) is 12.7. The van der Waals surface area contributed by atoms with Crippen LogP contribution in [0.4, 0.5) is 5.69 Å². The van der Waals surface area contributed by atoms with E-state index in [1.54, 1.807) is 13.0 Å². The summed E-state index contributed by atoms with van der Waals surface area (Å²) in [5, 5.41) is 15.1. The molecule has 0 fully saturated rings. The molecule has 2 rings (SSSR count). The maximum atomic E-state index is 12.6. The number of nitrogens with one attached hydrogen (secondary N) is 1. The van der Waals surface area contributed by atoms with Crippen molar-refractivity contribution in [2.75, 3.05) is 5.32 Å². The third-order valence-corrected chi connectivity index (χ3v) is 3.65. The van der Waals surface area contributed by atoms with E-state index < -0.39 is 0 Å². The van der Waals surface area contributed by atoms with Crippen molar-refractivity contribution in [3.63, 3.8) is 0 Å². The number of hydrogen-bond donors (Lipinski definition) is 2. The van der Waals surface area contributed by atoms with Crippen molar-refractivity contribution < 1.29 is 10.0 Å². The zero-order valence-corrected chi connectivity index (χ0v) is 12.8. The first-order valence-corrected chi connectivity index (χ1v) is 7.31. The maximum Gasteiger partial charge on any atom is 0.231 e. The summed E-state index contributed by atoms with van der Waals surface area (Å²) in [6.45, 7) is 3.68. The van der Waals surface area contributed by atoms with Crippen LogP contribution >= 0.6 is 0 Å². The average Bonchev–Trinajstić information content (AvgIpc) is 2.56. The Morgan fingerprint density at radius 1 is 1.14 bits per heavy atom. The zero-order valence-electron chi connectivity index (χ0n) is 12.8. The Labute approximate surface area is 130 Å². The van der Waals surface area contributed by atoms with Gasteiger partial charge in [0.25, 0.3) is 0 Å². The molecule has 1 atom stereocenters. The lowest BCUT2D eigenvalue weighted by atomic mass is 9.95. The molecular weight excluding hydrogens is 276 g/mol. The molecule has 2 aromatic carbocycles. The molecule has 1 unspecified atom stereocenters. The molecule has 0 saturated heterocycles. The summed E-state index contributed by atoms with van der Waals surface area (Å²) in [4.78, 5) is 12.6. The molecule has 22 heavy (non-hydrogen) atoms. The minimum Gasteiger partial charge on any atom is -0.411 e. The Morgan fingerprint density at radius 3 is 2.41 bits per heavy atom. The molecule has 0 saturated carbocycles. The predicted molar refractivity (Wildman–Crippen MR) is 88.5 cm³/mol. The SMILES string of the molecule is CCC(C(=O)Nc1ccccc1/C(C)=N/O)c1ccccc1. The second kappa shape index (κ2) is 7.41. The number of amides is 1. The number of carbonyl (C=O) groups excluding carboxylic acids is 1. The highest BCUT2D eigenvalue weighted by atomic mass is 16.4. The van der Waals surface area contributed by atoms with Crippen LogP contribution in [0, 0.1) is 0 Å². The molecule has 0 aliphatic heterocycles. The Balaban J connectivity index is 2.25. The molecular formula is C18H20N2O2. The minimum atomic E-state index is -0.208. The Kier molecular flexibility index (Phi) is 5.31.